The molecule has 0 aliphatic carbocycles. The number of phenolic OH excluding ortho intramolecular Hbond substituents is 1. The zero-order valence-corrected chi connectivity index (χ0v) is 13.1. The summed E-state index contributed by atoms with van der Waals surface area (Å²) in [6.07, 6.45) is 1.12. The van der Waals surface area contributed by atoms with Crippen LogP contribution in [-0.4, -0.2) is 17.2 Å². The van der Waals surface area contributed by atoms with Crippen molar-refractivity contribution in [3.63, 3.8) is 0 Å². The van der Waals surface area contributed by atoms with Crippen molar-refractivity contribution in [3.05, 3.63) is 76.6 Å². The standard InChI is InChI=1S/C18H12ClFN2O2/c19-15-6-3-7-16(20)14(15)10-21-22-18(24)13-8-11-4-1-2-5-12(11)9-17(13)23/h1-10,23H,(H,22,24)/b21-10-. The Hall–Kier alpha value is -2.92. The van der Waals surface area contributed by atoms with Crippen LogP contribution in [0.4, 0.5) is 4.39 Å². The van der Waals surface area contributed by atoms with E-state index in [2.05, 4.69) is 10.5 Å². The highest BCUT2D eigenvalue weighted by Gasteiger charge is 2.12. The van der Waals surface area contributed by atoms with E-state index < -0.39 is 11.7 Å². The molecule has 3 aromatic rings. The van der Waals surface area contributed by atoms with Gasteiger partial charge in [-0.15, -0.1) is 0 Å². The molecular weight excluding hydrogens is 331 g/mol. The predicted molar refractivity (Wildman–Crippen MR) is 92.1 cm³/mol. The number of carbonyl (C=O) groups is 1. The second-order valence-electron chi connectivity index (χ2n) is 5.05. The van der Waals surface area contributed by atoms with Crippen LogP contribution in [0.15, 0.2) is 59.7 Å². The van der Waals surface area contributed by atoms with Crippen LogP contribution in [0, 0.1) is 5.82 Å². The van der Waals surface area contributed by atoms with E-state index in [0.29, 0.717) is 0 Å². The summed E-state index contributed by atoms with van der Waals surface area (Å²) >= 11 is 5.87. The molecule has 0 aliphatic heterocycles. The summed E-state index contributed by atoms with van der Waals surface area (Å²) in [7, 11) is 0. The van der Waals surface area contributed by atoms with Crippen molar-refractivity contribution in [3.8, 4) is 5.75 Å². The summed E-state index contributed by atoms with van der Waals surface area (Å²) in [5.41, 5.74) is 2.40. The first-order valence-electron chi connectivity index (χ1n) is 7.05. The van der Waals surface area contributed by atoms with Gasteiger partial charge in [0.25, 0.3) is 5.91 Å². The summed E-state index contributed by atoms with van der Waals surface area (Å²) < 4.78 is 13.6. The molecule has 24 heavy (non-hydrogen) atoms. The molecule has 0 aromatic heterocycles. The smallest absolute Gasteiger partial charge is 0.275 e. The minimum absolute atomic E-state index is 0.0715. The first-order valence-corrected chi connectivity index (χ1v) is 7.43. The number of hydrogen-bond acceptors (Lipinski definition) is 3. The third kappa shape index (κ3) is 3.21. The van der Waals surface area contributed by atoms with Gasteiger partial charge in [0.15, 0.2) is 0 Å². The molecule has 3 rings (SSSR count). The third-order valence-corrected chi connectivity index (χ3v) is 3.80. The molecule has 0 aliphatic rings. The van der Waals surface area contributed by atoms with Gasteiger partial charge in [-0.05, 0) is 35.0 Å². The second-order valence-corrected chi connectivity index (χ2v) is 5.46. The van der Waals surface area contributed by atoms with Gasteiger partial charge in [0.1, 0.15) is 11.6 Å². The Bertz CT molecular complexity index is 937. The number of hydrazone groups is 1. The summed E-state index contributed by atoms with van der Waals surface area (Å²) in [6, 6.07) is 14.6. The molecule has 0 saturated carbocycles. The van der Waals surface area contributed by atoms with Crippen molar-refractivity contribution in [2.75, 3.05) is 0 Å². The van der Waals surface area contributed by atoms with Crippen LogP contribution >= 0.6 is 11.6 Å². The van der Waals surface area contributed by atoms with Crippen LogP contribution in [0.3, 0.4) is 0 Å². The minimum Gasteiger partial charge on any atom is -0.507 e. The van der Waals surface area contributed by atoms with E-state index in [9.17, 15) is 14.3 Å². The molecule has 0 bridgehead atoms. The van der Waals surface area contributed by atoms with Crippen molar-refractivity contribution in [2.45, 2.75) is 0 Å². The molecule has 120 valence electrons. The van der Waals surface area contributed by atoms with Crippen LogP contribution in [0.25, 0.3) is 10.8 Å². The Morgan fingerprint density at radius 3 is 2.54 bits per heavy atom. The minimum atomic E-state index is -0.609. The average molecular weight is 343 g/mol. The van der Waals surface area contributed by atoms with E-state index in [-0.39, 0.29) is 21.9 Å². The first-order chi connectivity index (χ1) is 11.6. The Labute approximate surface area is 142 Å². The lowest BCUT2D eigenvalue weighted by Gasteiger charge is -2.06. The maximum absolute atomic E-state index is 13.6. The van der Waals surface area contributed by atoms with E-state index in [4.69, 9.17) is 11.6 Å². The number of carbonyl (C=O) groups excluding carboxylic acids is 1. The monoisotopic (exact) mass is 342 g/mol. The van der Waals surface area contributed by atoms with E-state index in [1.54, 1.807) is 6.07 Å². The SMILES string of the molecule is O=C(N/N=C\c1c(F)cccc1Cl)c1cc2ccccc2cc1O. The van der Waals surface area contributed by atoms with Crippen LogP contribution in [0.2, 0.25) is 5.02 Å². The normalized spacial score (nSPS) is 11.1. The molecule has 0 fully saturated rings. The Balaban J connectivity index is 1.83. The van der Waals surface area contributed by atoms with Gasteiger partial charge in [0.2, 0.25) is 0 Å². The van der Waals surface area contributed by atoms with E-state index in [0.717, 1.165) is 17.0 Å². The molecule has 4 nitrogen and oxygen atoms in total. The number of fused-ring (bicyclic) bond motifs is 1. The molecule has 2 N–H and O–H groups in total. The number of nitrogens with one attached hydrogen (secondary N) is 1. The van der Waals surface area contributed by atoms with Crippen LogP contribution < -0.4 is 5.43 Å². The number of nitrogens with zero attached hydrogens (tertiary/aromatic N) is 1. The molecule has 0 heterocycles. The zero-order chi connectivity index (χ0) is 17.1. The van der Waals surface area contributed by atoms with Crippen molar-refractivity contribution in [1.82, 2.24) is 5.43 Å². The zero-order valence-electron chi connectivity index (χ0n) is 12.3. The Morgan fingerprint density at radius 1 is 1.12 bits per heavy atom. The average Bonchev–Trinajstić information content (AvgIpc) is 2.56. The fourth-order valence-electron chi connectivity index (χ4n) is 2.26. The van der Waals surface area contributed by atoms with Crippen LogP contribution in [0.5, 0.6) is 5.75 Å². The quantitative estimate of drug-likeness (QED) is 0.556. The maximum Gasteiger partial charge on any atom is 0.275 e. The highest BCUT2D eigenvalue weighted by Crippen LogP contribution is 2.24. The van der Waals surface area contributed by atoms with Gasteiger partial charge in [0, 0.05) is 5.56 Å². The van der Waals surface area contributed by atoms with Gasteiger partial charge < -0.3 is 5.11 Å². The highest BCUT2D eigenvalue weighted by molar-refractivity contribution is 6.33. The van der Waals surface area contributed by atoms with Crippen molar-refractivity contribution < 1.29 is 14.3 Å². The molecule has 0 radical (unpaired) electrons. The molecule has 0 unspecified atom stereocenters. The van der Waals surface area contributed by atoms with E-state index in [1.807, 2.05) is 24.3 Å². The van der Waals surface area contributed by atoms with Gasteiger partial charge in [-0.1, -0.05) is 41.9 Å². The predicted octanol–water partition coefficient (Wildman–Crippen LogP) is 4.10. The topological polar surface area (TPSA) is 61.7 Å². The molecule has 0 spiro atoms. The van der Waals surface area contributed by atoms with Crippen LogP contribution in [-0.2, 0) is 0 Å². The number of amides is 1. The largest absolute Gasteiger partial charge is 0.507 e. The number of hydrogen-bond donors (Lipinski definition) is 2. The lowest BCUT2D eigenvalue weighted by molar-refractivity contribution is 0.0952. The fourth-order valence-corrected chi connectivity index (χ4v) is 2.47. The molecule has 3 aromatic carbocycles. The molecule has 6 heteroatoms. The molecule has 1 amide bonds. The van der Waals surface area contributed by atoms with Gasteiger partial charge in [0.05, 0.1) is 16.8 Å². The number of aromatic hydroxyl groups is 1. The summed E-state index contributed by atoms with van der Waals surface area (Å²) in [4.78, 5) is 12.2. The Kier molecular flexibility index (Phi) is 4.44. The van der Waals surface area contributed by atoms with Gasteiger partial charge in [-0.25, -0.2) is 9.82 Å². The van der Waals surface area contributed by atoms with Gasteiger partial charge >= 0.3 is 0 Å². The van der Waals surface area contributed by atoms with Gasteiger partial charge in [-0.2, -0.15) is 5.10 Å². The number of rotatable bonds is 3. The van der Waals surface area contributed by atoms with Gasteiger partial charge in [-0.3, -0.25) is 4.79 Å². The Morgan fingerprint density at radius 2 is 1.83 bits per heavy atom. The number of benzene rings is 3. The maximum atomic E-state index is 13.6. The summed E-state index contributed by atoms with van der Waals surface area (Å²) in [5, 5.41) is 15.5. The summed E-state index contributed by atoms with van der Waals surface area (Å²) in [6.45, 7) is 0. The van der Waals surface area contributed by atoms with Crippen LogP contribution in [0.1, 0.15) is 15.9 Å². The highest BCUT2D eigenvalue weighted by atomic mass is 35.5. The summed E-state index contributed by atoms with van der Waals surface area (Å²) in [5.74, 6) is -1.32. The molecule has 0 saturated heterocycles. The van der Waals surface area contributed by atoms with Crippen molar-refractivity contribution >= 4 is 34.5 Å². The lowest BCUT2D eigenvalue weighted by atomic mass is 10.1. The van der Waals surface area contributed by atoms with E-state index in [1.165, 1.54) is 24.3 Å². The molecular formula is C18H12ClFN2O2. The lowest BCUT2D eigenvalue weighted by Crippen LogP contribution is -2.18. The number of halogens is 2. The second kappa shape index (κ2) is 6.68. The van der Waals surface area contributed by atoms with E-state index >= 15 is 0 Å². The first kappa shape index (κ1) is 16.0. The third-order valence-electron chi connectivity index (χ3n) is 3.47. The van der Waals surface area contributed by atoms with Crippen molar-refractivity contribution in [1.29, 1.82) is 0 Å². The number of phenols is 1. The molecule has 0 atom stereocenters. The fraction of sp³-hybridized carbons (Fsp3) is 0. The van der Waals surface area contributed by atoms with Crippen molar-refractivity contribution in [2.24, 2.45) is 5.10 Å².